The molecule has 0 saturated heterocycles. The zero-order chi connectivity index (χ0) is 42.3. The summed E-state index contributed by atoms with van der Waals surface area (Å²) < 4.78 is 12.9. The number of benzene rings is 3. The molecule has 1 fully saturated rings. The number of nitrogens with one attached hydrogen (secondary N) is 2. The molecular weight excluding hydrogens is 778 g/mol. The predicted octanol–water partition coefficient (Wildman–Crippen LogP) is 9.56. The van der Waals surface area contributed by atoms with Crippen LogP contribution >= 0.6 is 11.6 Å². The third kappa shape index (κ3) is 9.92. The molecular formula is C49H58ClN3O7. The summed E-state index contributed by atoms with van der Waals surface area (Å²) >= 11 is 6.30. The van der Waals surface area contributed by atoms with E-state index in [1.165, 1.54) is 16.7 Å². The second kappa shape index (κ2) is 19.1. The molecule has 0 unspecified atom stereocenters. The summed E-state index contributed by atoms with van der Waals surface area (Å²) in [6, 6.07) is 23.9. The van der Waals surface area contributed by atoms with Gasteiger partial charge in [0.05, 0.1) is 13.2 Å². The number of amides is 1. The first-order valence-electron chi connectivity index (χ1n) is 21.6. The van der Waals surface area contributed by atoms with Crippen molar-refractivity contribution in [2.45, 2.75) is 120 Å². The maximum Gasteiger partial charge on any atom is 0.329 e. The van der Waals surface area contributed by atoms with Gasteiger partial charge in [0.15, 0.2) is 0 Å². The molecule has 0 aliphatic heterocycles. The van der Waals surface area contributed by atoms with E-state index in [-0.39, 0.29) is 30.1 Å². The summed E-state index contributed by atoms with van der Waals surface area (Å²) in [5.41, 5.74) is 5.13. The first-order valence-corrected chi connectivity index (χ1v) is 22.0. The summed E-state index contributed by atoms with van der Waals surface area (Å²) in [5.74, 6) is 0.479. The minimum absolute atomic E-state index is 0.204. The number of nitrogens with zero attached hydrogens (tertiary/aromatic N) is 1. The lowest BCUT2D eigenvalue weighted by atomic mass is 9.59. The van der Waals surface area contributed by atoms with Crippen LogP contribution in [0.1, 0.15) is 112 Å². The fourth-order valence-corrected chi connectivity index (χ4v) is 10.3. The second-order valence-corrected chi connectivity index (χ2v) is 17.9. The molecule has 1 spiro atoms. The van der Waals surface area contributed by atoms with Crippen molar-refractivity contribution >= 4 is 35.1 Å². The minimum atomic E-state index is -1.12. The van der Waals surface area contributed by atoms with E-state index < -0.39 is 23.5 Å². The first-order chi connectivity index (χ1) is 28.9. The van der Waals surface area contributed by atoms with E-state index in [4.69, 9.17) is 21.1 Å². The topological polar surface area (TPSA) is 147 Å². The van der Waals surface area contributed by atoms with Crippen molar-refractivity contribution in [3.63, 3.8) is 0 Å². The lowest BCUT2D eigenvalue weighted by Crippen LogP contribution is -2.53. The average Bonchev–Trinajstić information content (AvgIpc) is 3.51. The van der Waals surface area contributed by atoms with E-state index in [9.17, 15) is 24.6 Å². The van der Waals surface area contributed by atoms with E-state index in [2.05, 4.69) is 41.6 Å². The van der Waals surface area contributed by atoms with Crippen molar-refractivity contribution < 1.29 is 34.1 Å². The summed E-state index contributed by atoms with van der Waals surface area (Å²) in [6.07, 6.45) is 10.9. The number of aryl methyl sites for hydroxylation is 1. The van der Waals surface area contributed by atoms with Gasteiger partial charge in [-0.1, -0.05) is 67.9 Å². The zero-order valence-corrected chi connectivity index (χ0v) is 35.5. The van der Waals surface area contributed by atoms with Crippen LogP contribution in [0.5, 0.6) is 11.5 Å². The molecule has 1 amide bonds. The van der Waals surface area contributed by atoms with Crippen LogP contribution in [-0.2, 0) is 39.1 Å². The van der Waals surface area contributed by atoms with E-state index in [1.807, 2.05) is 60.8 Å². The number of hydrogen-bond acceptors (Lipinski definition) is 7. The van der Waals surface area contributed by atoms with E-state index in [1.54, 1.807) is 12.1 Å². The Bertz CT molecular complexity index is 2140. The molecule has 1 saturated carbocycles. The average molecular weight is 836 g/mol. The zero-order valence-electron chi connectivity index (χ0n) is 34.8. The molecule has 1 heterocycles. The highest BCUT2D eigenvalue weighted by Crippen LogP contribution is 2.57. The molecule has 0 radical (unpaired) electrons. The van der Waals surface area contributed by atoms with Crippen LogP contribution in [0, 0.1) is 11.8 Å². The number of carbonyl (C=O) groups excluding carboxylic acids is 1. The van der Waals surface area contributed by atoms with Crippen LogP contribution in [0.3, 0.4) is 0 Å². The Morgan fingerprint density at radius 2 is 1.75 bits per heavy atom. The summed E-state index contributed by atoms with van der Waals surface area (Å²) in [5, 5.41) is 27.0. The third-order valence-electron chi connectivity index (χ3n) is 13.2. The van der Waals surface area contributed by atoms with Gasteiger partial charge in [0.25, 0.3) is 0 Å². The Hall–Kier alpha value is -5.09. The molecule has 1 aromatic heterocycles. The molecule has 4 N–H and O–H groups in total. The number of rotatable bonds is 18. The normalized spacial score (nSPS) is 22.9. The Morgan fingerprint density at radius 1 is 0.950 bits per heavy atom. The quantitative estimate of drug-likeness (QED) is 0.0720. The van der Waals surface area contributed by atoms with Gasteiger partial charge in [-0.3, -0.25) is 9.78 Å². The highest BCUT2D eigenvalue weighted by atomic mass is 35.5. The van der Waals surface area contributed by atoms with Gasteiger partial charge in [-0.15, -0.1) is 0 Å². The van der Waals surface area contributed by atoms with Crippen molar-refractivity contribution in [2.75, 3.05) is 18.5 Å². The minimum Gasteiger partial charge on any atom is -0.494 e. The Morgan fingerprint density at radius 3 is 2.50 bits per heavy atom. The lowest BCUT2D eigenvalue weighted by molar-refractivity contribution is -0.144. The molecule has 318 valence electrons. The van der Waals surface area contributed by atoms with E-state index in [0.29, 0.717) is 74.3 Å². The van der Waals surface area contributed by atoms with E-state index >= 15 is 0 Å². The maximum atomic E-state index is 13.1. The number of halogens is 1. The van der Waals surface area contributed by atoms with Crippen molar-refractivity contribution in [3.05, 3.63) is 118 Å². The van der Waals surface area contributed by atoms with Crippen molar-refractivity contribution in [1.82, 2.24) is 10.3 Å². The van der Waals surface area contributed by atoms with Crippen LogP contribution in [0.2, 0.25) is 5.02 Å². The number of hydrogen-bond donors (Lipinski definition) is 4. The number of unbranched alkanes of at least 4 members (excludes halogenated alkanes) is 1. The van der Waals surface area contributed by atoms with Gasteiger partial charge >= 0.3 is 11.9 Å². The molecule has 7 rings (SSSR count). The number of carbonyl (C=O) groups is 3. The SMILES string of the molecule is C[C@@H](COc1ccnc2c1[C@H](C)CCC2)C[C@H]1Cc2ccc(OCCCCC(=O)N[C@H](Cc3ccccc3)C(=O)O)cc2C12CCC(Nc1cccc(Cl)c1)(C(=O)O)CC2. The van der Waals surface area contributed by atoms with Crippen LogP contribution in [0.25, 0.3) is 0 Å². The fraction of sp³-hybridized carbons (Fsp3) is 0.469. The van der Waals surface area contributed by atoms with Crippen LogP contribution in [0.4, 0.5) is 5.69 Å². The monoisotopic (exact) mass is 835 g/mol. The summed E-state index contributed by atoms with van der Waals surface area (Å²) in [6.45, 7) is 5.53. The number of aromatic nitrogens is 1. The number of aliphatic carboxylic acids is 2. The van der Waals surface area contributed by atoms with Gasteiger partial charge in [-0.05, 0) is 147 Å². The highest BCUT2D eigenvalue weighted by Gasteiger charge is 2.54. The van der Waals surface area contributed by atoms with E-state index in [0.717, 1.165) is 54.9 Å². The lowest BCUT2D eigenvalue weighted by Gasteiger charge is -2.47. The molecule has 3 aliphatic carbocycles. The number of carboxylic acids is 2. The smallest absolute Gasteiger partial charge is 0.329 e. The predicted molar refractivity (Wildman–Crippen MR) is 233 cm³/mol. The summed E-state index contributed by atoms with van der Waals surface area (Å²) in [7, 11) is 0. The van der Waals surface area contributed by atoms with Gasteiger partial charge in [-0.25, -0.2) is 9.59 Å². The van der Waals surface area contributed by atoms with Crippen LogP contribution in [0.15, 0.2) is 85.1 Å². The Balaban J connectivity index is 1.02. The molecule has 0 bridgehead atoms. The highest BCUT2D eigenvalue weighted by molar-refractivity contribution is 6.30. The summed E-state index contributed by atoms with van der Waals surface area (Å²) in [4.78, 5) is 42.3. The van der Waals surface area contributed by atoms with Crippen molar-refractivity contribution in [3.8, 4) is 11.5 Å². The molecule has 10 nitrogen and oxygen atoms in total. The number of carboxylic acid groups (broad SMARTS) is 2. The molecule has 11 heteroatoms. The van der Waals surface area contributed by atoms with Gasteiger partial charge in [-0.2, -0.15) is 0 Å². The van der Waals surface area contributed by atoms with Crippen LogP contribution in [-0.4, -0.2) is 57.8 Å². The Kier molecular flexibility index (Phi) is 13.7. The maximum absolute atomic E-state index is 13.1. The largest absolute Gasteiger partial charge is 0.494 e. The molecule has 60 heavy (non-hydrogen) atoms. The van der Waals surface area contributed by atoms with Crippen molar-refractivity contribution in [2.24, 2.45) is 11.8 Å². The third-order valence-corrected chi connectivity index (χ3v) is 13.5. The van der Waals surface area contributed by atoms with Gasteiger partial charge in [0.1, 0.15) is 23.1 Å². The number of fused-ring (bicyclic) bond motifs is 3. The second-order valence-electron chi connectivity index (χ2n) is 17.5. The standard InChI is InChI=1S/C49H58ClN3O7/c1-32(31-60-43-19-24-51-41-15-8-10-33(2)45(41)43)26-36-28-35-17-18-39(59-25-7-6-16-44(54)52-42(46(55)56)27-34-11-4-3-5-12-34)30-40(35)48(36)20-22-49(23-21-48,47(57)58)53-38-14-9-13-37(50)29-38/h3-5,9,11-14,17-19,24,29-30,32-33,36,42,53H,6-8,10,15-16,20-23,25-28,31H2,1-2H3,(H,52,54)(H,55,56)(H,57,58)/t32-,33-,36+,42-,48?,49?/m1/s1. The Labute approximate surface area is 358 Å². The molecule has 3 aliphatic rings. The molecule has 4 atom stereocenters. The van der Waals surface area contributed by atoms with Crippen LogP contribution < -0.4 is 20.1 Å². The van der Waals surface area contributed by atoms with Gasteiger partial charge in [0.2, 0.25) is 5.91 Å². The number of pyridine rings is 1. The fourth-order valence-electron chi connectivity index (χ4n) is 10.1. The number of ether oxygens (including phenoxy) is 2. The van der Waals surface area contributed by atoms with Gasteiger partial charge < -0.3 is 30.3 Å². The number of anilines is 1. The molecule has 4 aromatic rings. The van der Waals surface area contributed by atoms with Gasteiger partial charge in [0, 0.05) is 41.0 Å². The first kappa shape index (κ1) is 43.0. The van der Waals surface area contributed by atoms with Crippen molar-refractivity contribution in [1.29, 1.82) is 0 Å². The molecule has 3 aromatic carbocycles.